The molecule has 0 radical (unpaired) electrons. The van der Waals surface area contributed by atoms with Gasteiger partial charge in [-0.3, -0.25) is 4.79 Å². The van der Waals surface area contributed by atoms with Gasteiger partial charge in [-0.25, -0.2) is 0 Å². The van der Waals surface area contributed by atoms with Gasteiger partial charge >= 0.3 is 0 Å². The molecule has 0 aliphatic carbocycles. The molecule has 0 heterocycles. The number of carbonyl (C=O) groups is 1. The van der Waals surface area contributed by atoms with E-state index in [0.29, 0.717) is 6.54 Å². The average Bonchev–Trinajstić information content (AvgIpc) is 2.13. The molecule has 3 N–H and O–H groups in total. The third kappa shape index (κ3) is 6.86. The van der Waals surface area contributed by atoms with Gasteiger partial charge in [0.2, 0.25) is 5.91 Å². The molecule has 0 bridgehead atoms. The zero-order valence-corrected chi connectivity index (χ0v) is 9.34. The van der Waals surface area contributed by atoms with Gasteiger partial charge in [0, 0.05) is 12.6 Å². The minimum absolute atomic E-state index is 0.000602. The van der Waals surface area contributed by atoms with E-state index < -0.39 is 6.10 Å². The fraction of sp³-hybridized carbons (Fsp3) is 0.900. The first-order valence-electron chi connectivity index (χ1n) is 5.28. The summed E-state index contributed by atoms with van der Waals surface area (Å²) >= 11 is 0. The molecule has 1 amide bonds. The lowest BCUT2D eigenvalue weighted by atomic mass is 10.2. The van der Waals surface area contributed by atoms with Crippen LogP contribution in [0.3, 0.4) is 0 Å². The van der Waals surface area contributed by atoms with Crippen molar-refractivity contribution in [3.05, 3.63) is 0 Å². The number of aliphatic hydroxyl groups excluding tert-OH is 1. The Kier molecular flexibility index (Phi) is 7.42. The summed E-state index contributed by atoms with van der Waals surface area (Å²) in [5.41, 5.74) is 0. The van der Waals surface area contributed by atoms with Crippen LogP contribution >= 0.6 is 0 Å². The van der Waals surface area contributed by atoms with Crippen LogP contribution in [0.25, 0.3) is 0 Å². The minimum Gasteiger partial charge on any atom is -0.392 e. The van der Waals surface area contributed by atoms with Gasteiger partial charge < -0.3 is 15.7 Å². The van der Waals surface area contributed by atoms with E-state index in [2.05, 4.69) is 24.5 Å². The molecule has 0 saturated carbocycles. The maximum absolute atomic E-state index is 11.3. The molecule has 0 rings (SSSR count). The Morgan fingerprint density at radius 1 is 1.36 bits per heavy atom. The van der Waals surface area contributed by atoms with E-state index in [1.165, 1.54) is 0 Å². The predicted molar refractivity (Wildman–Crippen MR) is 57.1 cm³/mol. The van der Waals surface area contributed by atoms with Gasteiger partial charge in [0.1, 0.15) is 0 Å². The van der Waals surface area contributed by atoms with Crippen LogP contribution in [-0.2, 0) is 4.79 Å². The fourth-order valence-electron chi connectivity index (χ4n) is 1.17. The second kappa shape index (κ2) is 7.76. The van der Waals surface area contributed by atoms with E-state index in [0.717, 1.165) is 12.8 Å². The predicted octanol–water partition coefficient (Wildman–Crippen LogP) is 0.262. The van der Waals surface area contributed by atoms with Gasteiger partial charge in [-0.1, -0.05) is 13.8 Å². The van der Waals surface area contributed by atoms with Crippen LogP contribution in [-0.4, -0.2) is 36.2 Å². The quantitative estimate of drug-likeness (QED) is 0.555. The molecular weight excluding hydrogens is 180 g/mol. The van der Waals surface area contributed by atoms with Gasteiger partial charge in [0.15, 0.2) is 0 Å². The van der Waals surface area contributed by atoms with Crippen LogP contribution in [0.4, 0.5) is 0 Å². The number of carbonyl (C=O) groups excluding carboxylic acids is 1. The summed E-state index contributed by atoms with van der Waals surface area (Å²) in [5.74, 6) is -0.000602. The SMILES string of the molecule is CCC(CC)NC(=O)CNCC(C)O. The second-order valence-electron chi connectivity index (χ2n) is 3.56. The number of rotatable bonds is 7. The van der Waals surface area contributed by atoms with E-state index in [-0.39, 0.29) is 18.5 Å². The van der Waals surface area contributed by atoms with Crippen molar-refractivity contribution in [2.75, 3.05) is 13.1 Å². The number of hydrogen-bond donors (Lipinski definition) is 3. The molecule has 4 nitrogen and oxygen atoms in total. The van der Waals surface area contributed by atoms with Crippen molar-refractivity contribution < 1.29 is 9.90 Å². The fourth-order valence-corrected chi connectivity index (χ4v) is 1.17. The summed E-state index contributed by atoms with van der Waals surface area (Å²) < 4.78 is 0. The van der Waals surface area contributed by atoms with Gasteiger partial charge in [0.05, 0.1) is 12.6 Å². The van der Waals surface area contributed by atoms with E-state index >= 15 is 0 Å². The Hall–Kier alpha value is -0.610. The molecule has 0 aliphatic rings. The van der Waals surface area contributed by atoms with Crippen LogP contribution in [0.2, 0.25) is 0 Å². The van der Waals surface area contributed by atoms with Crippen molar-refractivity contribution in [1.82, 2.24) is 10.6 Å². The summed E-state index contributed by atoms with van der Waals surface area (Å²) in [6, 6.07) is 0.274. The molecule has 0 aromatic rings. The third-order valence-electron chi connectivity index (χ3n) is 2.08. The van der Waals surface area contributed by atoms with Crippen LogP contribution in [0.1, 0.15) is 33.6 Å². The molecule has 4 heteroatoms. The van der Waals surface area contributed by atoms with E-state index in [4.69, 9.17) is 5.11 Å². The average molecular weight is 202 g/mol. The summed E-state index contributed by atoms with van der Waals surface area (Å²) in [7, 11) is 0. The highest BCUT2D eigenvalue weighted by Gasteiger charge is 2.07. The number of hydrogen-bond acceptors (Lipinski definition) is 3. The van der Waals surface area contributed by atoms with Crippen molar-refractivity contribution in [3.8, 4) is 0 Å². The van der Waals surface area contributed by atoms with Crippen LogP contribution in [0, 0.1) is 0 Å². The van der Waals surface area contributed by atoms with Crippen molar-refractivity contribution in [1.29, 1.82) is 0 Å². The zero-order valence-electron chi connectivity index (χ0n) is 9.34. The largest absolute Gasteiger partial charge is 0.392 e. The van der Waals surface area contributed by atoms with Gasteiger partial charge in [-0.05, 0) is 19.8 Å². The van der Waals surface area contributed by atoms with Crippen LogP contribution in [0.5, 0.6) is 0 Å². The topological polar surface area (TPSA) is 61.4 Å². The van der Waals surface area contributed by atoms with E-state index in [1.54, 1.807) is 6.92 Å². The molecular formula is C10H22N2O2. The normalized spacial score (nSPS) is 12.9. The molecule has 0 aromatic heterocycles. The lowest BCUT2D eigenvalue weighted by Gasteiger charge is -2.15. The van der Waals surface area contributed by atoms with Gasteiger partial charge in [0.25, 0.3) is 0 Å². The molecule has 0 fully saturated rings. The smallest absolute Gasteiger partial charge is 0.234 e. The number of amides is 1. The first kappa shape index (κ1) is 13.4. The Morgan fingerprint density at radius 3 is 2.36 bits per heavy atom. The molecule has 1 unspecified atom stereocenters. The van der Waals surface area contributed by atoms with Crippen molar-refractivity contribution in [2.24, 2.45) is 0 Å². The summed E-state index contributed by atoms with van der Waals surface area (Å²) in [6.45, 7) is 6.53. The highest BCUT2D eigenvalue weighted by atomic mass is 16.3. The number of nitrogens with one attached hydrogen (secondary N) is 2. The van der Waals surface area contributed by atoms with Crippen LogP contribution < -0.4 is 10.6 Å². The molecule has 0 saturated heterocycles. The first-order valence-corrected chi connectivity index (χ1v) is 5.28. The van der Waals surface area contributed by atoms with Crippen molar-refractivity contribution in [3.63, 3.8) is 0 Å². The Balaban J connectivity index is 3.54. The second-order valence-corrected chi connectivity index (χ2v) is 3.56. The standard InChI is InChI=1S/C10H22N2O2/c1-4-9(5-2)12-10(14)7-11-6-8(3)13/h8-9,11,13H,4-7H2,1-3H3,(H,12,14). The highest BCUT2D eigenvalue weighted by Crippen LogP contribution is 1.94. The molecule has 14 heavy (non-hydrogen) atoms. The van der Waals surface area contributed by atoms with Crippen LogP contribution in [0.15, 0.2) is 0 Å². The Labute approximate surface area is 86.1 Å². The lowest BCUT2D eigenvalue weighted by Crippen LogP contribution is -2.41. The molecule has 0 aliphatic heterocycles. The Bertz CT molecular complexity index is 156. The molecule has 0 aromatic carbocycles. The molecule has 84 valence electrons. The van der Waals surface area contributed by atoms with Gasteiger partial charge in [-0.2, -0.15) is 0 Å². The zero-order chi connectivity index (χ0) is 11.0. The maximum Gasteiger partial charge on any atom is 0.234 e. The molecule has 1 atom stereocenters. The Morgan fingerprint density at radius 2 is 1.93 bits per heavy atom. The van der Waals surface area contributed by atoms with Crippen molar-refractivity contribution in [2.45, 2.75) is 45.8 Å². The van der Waals surface area contributed by atoms with Crippen molar-refractivity contribution >= 4 is 5.91 Å². The van der Waals surface area contributed by atoms with Gasteiger partial charge in [-0.15, -0.1) is 0 Å². The monoisotopic (exact) mass is 202 g/mol. The van der Waals surface area contributed by atoms with E-state index in [9.17, 15) is 4.79 Å². The summed E-state index contributed by atoms with van der Waals surface area (Å²) in [4.78, 5) is 11.3. The lowest BCUT2D eigenvalue weighted by molar-refractivity contribution is -0.121. The maximum atomic E-state index is 11.3. The third-order valence-corrected chi connectivity index (χ3v) is 2.08. The number of aliphatic hydroxyl groups is 1. The summed E-state index contributed by atoms with van der Waals surface area (Å²) in [5, 5.41) is 14.7. The summed E-state index contributed by atoms with van der Waals surface area (Å²) in [6.07, 6.45) is 1.51. The molecule has 0 spiro atoms. The minimum atomic E-state index is -0.407. The van der Waals surface area contributed by atoms with E-state index in [1.807, 2.05) is 0 Å². The first-order chi connectivity index (χ1) is 6.60. The highest BCUT2D eigenvalue weighted by molar-refractivity contribution is 5.78.